The van der Waals surface area contributed by atoms with Gasteiger partial charge in [0.2, 0.25) is 10.0 Å². The molecule has 0 bridgehead atoms. The number of hydrogen-bond donors (Lipinski definition) is 1. The Hall–Kier alpha value is -0.950. The molecule has 0 saturated carbocycles. The van der Waals surface area contributed by atoms with Gasteiger partial charge in [-0.15, -0.1) is 0 Å². The molecule has 2 rings (SSSR count). The molecule has 5 nitrogen and oxygen atoms in total. The van der Waals surface area contributed by atoms with Gasteiger partial charge in [0.25, 0.3) is 0 Å². The van der Waals surface area contributed by atoms with E-state index >= 15 is 0 Å². The average Bonchev–Trinajstić information content (AvgIpc) is 2.40. The molecule has 0 amide bonds. The molecule has 1 heterocycles. The number of nitrogens with zero attached hydrogens (tertiary/aromatic N) is 1. The molecule has 6 heteroatoms. The van der Waals surface area contributed by atoms with Gasteiger partial charge in [-0.05, 0) is 50.5 Å². The second-order valence-electron chi connectivity index (χ2n) is 5.82. The molecule has 0 aliphatic carbocycles. The van der Waals surface area contributed by atoms with E-state index in [1.165, 1.54) is 4.31 Å². The van der Waals surface area contributed by atoms with Crippen LogP contribution in [0.25, 0.3) is 0 Å². The highest BCUT2D eigenvalue weighted by Crippen LogP contribution is 2.26. The summed E-state index contributed by atoms with van der Waals surface area (Å²) >= 11 is 0. The van der Waals surface area contributed by atoms with Crippen LogP contribution in [0.15, 0.2) is 17.0 Å². The van der Waals surface area contributed by atoms with Gasteiger partial charge in [-0.3, -0.25) is 0 Å². The van der Waals surface area contributed by atoms with E-state index in [-0.39, 0.29) is 12.2 Å². The van der Waals surface area contributed by atoms with E-state index in [1.807, 2.05) is 33.8 Å². The van der Waals surface area contributed by atoms with Crippen molar-refractivity contribution in [2.24, 2.45) is 5.73 Å². The fraction of sp³-hybridized carbons (Fsp3) is 0.600. The minimum Gasteiger partial charge on any atom is -0.373 e. The summed E-state index contributed by atoms with van der Waals surface area (Å²) in [5, 5.41) is 0. The van der Waals surface area contributed by atoms with E-state index in [0.717, 1.165) is 16.7 Å². The lowest BCUT2D eigenvalue weighted by Gasteiger charge is -2.34. The smallest absolute Gasteiger partial charge is 0.243 e. The number of nitrogens with two attached hydrogens (primary N) is 1. The van der Waals surface area contributed by atoms with Crippen LogP contribution in [0.1, 0.15) is 30.5 Å². The highest BCUT2D eigenvalue weighted by atomic mass is 32.2. The van der Waals surface area contributed by atoms with Gasteiger partial charge in [0, 0.05) is 19.6 Å². The van der Waals surface area contributed by atoms with E-state index in [2.05, 4.69) is 0 Å². The Morgan fingerprint density at radius 3 is 2.33 bits per heavy atom. The first-order valence-corrected chi connectivity index (χ1v) is 8.65. The first-order chi connectivity index (χ1) is 9.75. The molecule has 21 heavy (non-hydrogen) atoms. The van der Waals surface area contributed by atoms with Crippen LogP contribution in [-0.4, -0.2) is 38.0 Å². The lowest BCUT2D eigenvalue weighted by Crippen LogP contribution is -2.48. The summed E-state index contributed by atoms with van der Waals surface area (Å²) in [6, 6.07) is 3.64. The zero-order chi connectivity index (χ0) is 15.8. The van der Waals surface area contributed by atoms with Gasteiger partial charge in [-0.1, -0.05) is 6.07 Å². The van der Waals surface area contributed by atoms with Gasteiger partial charge >= 0.3 is 0 Å². The standard InChI is InChI=1S/C15H24N2O3S/c1-10-5-14(7-16)6-15(13(10)4)21(18,19)17-8-11(2)20-12(3)9-17/h5-6,11-12H,7-9,16H2,1-4H3. The Morgan fingerprint density at radius 1 is 1.24 bits per heavy atom. The SMILES string of the molecule is Cc1cc(CN)cc(S(=O)(=O)N2CC(C)OC(C)C2)c1C. The van der Waals surface area contributed by atoms with Gasteiger partial charge in [-0.2, -0.15) is 4.31 Å². The van der Waals surface area contributed by atoms with Crippen LogP contribution in [0.3, 0.4) is 0 Å². The molecule has 118 valence electrons. The molecule has 1 aromatic rings. The quantitative estimate of drug-likeness (QED) is 0.919. The van der Waals surface area contributed by atoms with Crippen LogP contribution in [0.4, 0.5) is 0 Å². The number of aryl methyl sites for hydroxylation is 1. The maximum Gasteiger partial charge on any atom is 0.243 e. The predicted molar refractivity (Wildman–Crippen MR) is 82.6 cm³/mol. The van der Waals surface area contributed by atoms with Crippen molar-refractivity contribution in [3.8, 4) is 0 Å². The first-order valence-electron chi connectivity index (χ1n) is 7.21. The van der Waals surface area contributed by atoms with Gasteiger partial charge in [0.05, 0.1) is 17.1 Å². The predicted octanol–water partition coefficient (Wildman–Crippen LogP) is 1.56. The maximum absolute atomic E-state index is 12.9. The fourth-order valence-electron chi connectivity index (χ4n) is 2.75. The molecule has 2 unspecified atom stereocenters. The van der Waals surface area contributed by atoms with Crippen LogP contribution in [0.2, 0.25) is 0 Å². The van der Waals surface area contributed by atoms with Crippen LogP contribution < -0.4 is 5.73 Å². The largest absolute Gasteiger partial charge is 0.373 e. The van der Waals surface area contributed by atoms with Crippen LogP contribution >= 0.6 is 0 Å². The molecule has 1 aromatic carbocycles. The van der Waals surface area contributed by atoms with Gasteiger partial charge in [0.15, 0.2) is 0 Å². The fourth-order valence-corrected chi connectivity index (χ4v) is 4.69. The molecule has 2 atom stereocenters. The summed E-state index contributed by atoms with van der Waals surface area (Å²) in [4.78, 5) is 0.365. The molecule has 2 N–H and O–H groups in total. The third-order valence-corrected chi connectivity index (χ3v) is 5.88. The van der Waals surface area contributed by atoms with Crippen LogP contribution in [-0.2, 0) is 21.3 Å². The zero-order valence-electron chi connectivity index (χ0n) is 13.1. The Balaban J connectivity index is 2.46. The number of sulfonamides is 1. The molecule has 0 radical (unpaired) electrons. The van der Waals surface area contributed by atoms with Crippen molar-refractivity contribution in [1.29, 1.82) is 0 Å². The number of morpholine rings is 1. The minimum absolute atomic E-state index is 0.0948. The van der Waals surface area contributed by atoms with E-state index < -0.39 is 10.0 Å². The summed E-state index contributed by atoms with van der Waals surface area (Å²) in [5.41, 5.74) is 8.25. The molecular formula is C15H24N2O3S. The third kappa shape index (κ3) is 3.29. The number of ether oxygens (including phenoxy) is 1. The Labute approximate surface area is 127 Å². The lowest BCUT2D eigenvalue weighted by molar-refractivity contribution is -0.0440. The molecule has 1 aliphatic heterocycles. The van der Waals surface area contributed by atoms with Crippen molar-refractivity contribution < 1.29 is 13.2 Å². The summed E-state index contributed by atoms with van der Waals surface area (Å²) in [6.45, 7) is 8.66. The second kappa shape index (κ2) is 6.04. The monoisotopic (exact) mass is 312 g/mol. The zero-order valence-corrected chi connectivity index (χ0v) is 13.9. The summed E-state index contributed by atoms with van der Waals surface area (Å²) < 4.78 is 33.0. The topological polar surface area (TPSA) is 72.6 Å². The Bertz CT molecular complexity index is 618. The van der Waals surface area contributed by atoms with Crippen molar-refractivity contribution in [2.75, 3.05) is 13.1 Å². The maximum atomic E-state index is 12.9. The van der Waals surface area contributed by atoms with Crippen molar-refractivity contribution in [3.05, 3.63) is 28.8 Å². The number of hydrogen-bond acceptors (Lipinski definition) is 4. The second-order valence-corrected chi connectivity index (χ2v) is 7.73. The normalized spacial score (nSPS) is 24.2. The van der Waals surface area contributed by atoms with Crippen molar-refractivity contribution in [3.63, 3.8) is 0 Å². The molecule has 1 saturated heterocycles. The molecular weight excluding hydrogens is 288 g/mol. The molecule has 1 fully saturated rings. The minimum atomic E-state index is -3.52. The van der Waals surface area contributed by atoms with E-state index in [4.69, 9.17) is 10.5 Å². The molecule has 0 aromatic heterocycles. The summed E-state index contributed by atoms with van der Waals surface area (Å²) in [7, 11) is -3.52. The first kappa shape index (κ1) is 16.4. The molecule has 0 spiro atoms. The van der Waals surface area contributed by atoms with E-state index in [9.17, 15) is 8.42 Å². The average molecular weight is 312 g/mol. The van der Waals surface area contributed by atoms with Crippen molar-refractivity contribution in [1.82, 2.24) is 4.31 Å². The van der Waals surface area contributed by atoms with Crippen LogP contribution in [0.5, 0.6) is 0 Å². The van der Waals surface area contributed by atoms with Crippen molar-refractivity contribution >= 4 is 10.0 Å². The highest BCUT2D eigenvalue weighted by molar-refractivity contribution is 7.89. The number of benzene rings is 1. The lowest BCUT2D eigenvalue weighted by atomic mass is 10.1. The summed E-state index contributed by atoms with van der Waals surface area (Å²) in [6.07, 6.45) is -0.190. The van der Waals surface area contributed by atoms with Crippen molar-refractivity contribution in [2.45, 2.75) is 51.3 Å². The Kier molecular flexibility index (Phi) is 4.72. The van der Waals surface area contributed by atoms with E-state index in [0.29, 0.717) is 24.5 Å². The van der Waals surface area contributed by atoms with Gasteiger partial charge < -0.3 is 10.5 Å². The molecule has 1 aliphatic rings. The van der Waals surface area contributed by atoms with E-state index in [1.54, 1.807) is 6.07 Å². The van der Waals surface area contributed by atoms with Gasteiger partial charge in [0.1, 0.15) is 0 Å². The summed E-state index contributed by atoms with van der Waals surface area (Å²) in [5.74, 6) is 0. The van der Waals surface area contributed by atoms with Gasteiger partial charge in [-0.25, -0.2) is 8.42 Å². The number of rotatable bonds is 3. The highest BCUT2D eigenvalue weighted by Gasteiger charge is 2.33. The third-order valence-electron chi connectivity index (χ3n) is 3.92. The van der Waals surface area contributed by atoms with Crippen LogP contribution in [0, 0.1) is 13.8 Å². The Morgan fingerprint density at radius 2 is 1.81 bits per heavy atom.